The summed E-state index contributed by atoms with van der Waals surface area (Å²) >= 11 is 0. The molecule has 1 aromatic carbocycles. The molecular weight excluding hydrogens is 324 g/mol. The van der Waals surface area contributed by atoms with E-state index in [2.05, 4.69) is 10.1 Å². The van der Waals surface area contributed by atoms with E-state index in [4.69, 9.17) is 5.26 Å². The SMILES string of the molecule is COC(=O)N1CCCN(C(=O)C(=O)Nc2ccc(CC#N)cc2)CC1. The molecule has 132 valence electrons. The zero-order valence-electron chi connectivity index (χ0n) is 14.0. The van der Waals surface area contributed by atoms with Crippen molar-refractivity contribution in [3.8, 4) is 6.07 Å². The number of hydrogen-bond donors (Lipinski definition) is 1. The minimum Gasteiger partial charge on any atom is -0.453 e. The van der Waals surface area contributed by atoms with E-state index in [0.717, 1.165) is 5.56 Å². The lowest BCUT2D eigenvalue weighted by Crippen LogP contribution is -2.42. The highest BCUT2D eigenvalue weighted by atomic mass is 16.5. The van der Waals surface area contributed by atoms with Gasteiger partial charge in [-0.25, -0.2) is 4.79 Å². The molecule has 0 unspecified atom stereocenters. The van der Waals surface area contributed by atoms with Crippen LogP contribution in [0.2, 0.25) is 0 Å². The van der Waals surface area contributed by atoms with Crippen LogP contribution in [0.5, 0.6) is 0 Å². The molecule has 0 bridgehead atoms. The molecule has 0 aromatic heterocycles. The molecule has 8 nitrogen and oxygen atoms in total. The molecule has 1 heterocycles. The normalized spacial score (nSPS) is 14.2. The Balaban J connectivity index is 1.92. The molecule has 1 N–H and O–H groups in total. The Morgan fingerprint density at radius 1 is 1.12 bits per heavy atom. The molecule has 0 radical (unpaired) electrons. The average Bonchev–Trinajstić information content (AvgIpc) is 2.88. The molecule has 1 aliphatic heterocycles. The molecule has 3 amide bonds. The van der Waals surface area contributed by atoms with Gasteiger partial charge in [-0.05, 0) is 24.1 Å². The van der Waals surface area contributed by atoms with E-state index in [1.807, 2.05) is 6.07 Å². The lowest BCUT2D eigenvalue weighted by atomic mass is 10.1. The molecule has 0 saturated carbocycles. The molecule has 25 heavy (non-hydrogen) atoms. The fourth-order valence-corrected chi connectivity index (χ4v) is 2.56. The van der Waals surface area contributed by atoms with Gasteiger partial charge < -0.3 is 19.9 Å². The van der Waals surface area contributed by atoms with Gasteiger partial charge in [-0.3, -0.25) is 9.59 Å². The van der Waals surface area contributed by atoms with Crippen molar-refractivity contribution in [2.24, 2.45) is 0 Å². The molecule has 0 spiro atoms. The molecule has 0 aliphatic carbocycles. The van der Waals surface area contributed by atoms with E-state index in [-0.39, 0.29) is 13.0 Å². The standard InChI is InChI=1S/C17H20N4O4/c1-25-17(24)21-10-2-9-20(11-12-21)16(23)15(22)19-14-5-3-13(4-6-14)7-8-18/h3-6H,2,7,9-12H2,1H3,(H,19,22). The summed E-state index contributed by atoms with van der Waals surface area (Å²) in [6.07, 6.45) is 0.436. The number of ether oxygens (including phenoxy) is 1. The third kappa shape index (κ3) is 4.94. The largest absolute Gasteiger partial charge is 0.453 e. The lowest BCUT2D eigenvalue weighted by Gasteiger charge is -2.20. The van der Waals surface area contributed by atoms with Crippen LogP contribution in [-0.4, -0.2) is 61.0 Å². The summed E-state index contributed by atoms with van der Waals surface area (Å²) in [5.74, 6) is -1.35. The van der Waals surface area contributed by atoms with Crippen molar-refractivity contribution in [2.75, 3.05) is 38.6 Å². The molecule has 1 aromatic rings. The van der Waals surface area contributed by atoms with E-state index in [9.17, 15) is 14.4 Å². The summed E-state index contributed by atoms with van der Waals surface area (Å²) in [6.45, 7) is 1.50. The minimum absolute atomic E-state index is 0.280. The number of amides is 3. The van der Waals surface area contributed by atoms with Crippen LogP contribution in [0.4, 0.5) is 10.5 Å². The predicted octanol–water partition coefficient (Wildman–Crippen LogP) is 0.992. The molecule has 0 atom stereocenters. The molecule has 8 heteroatoms. The fraction of sp³-hybridized carbons (Fsp3) is 0.412. The highest BCUT2D eigenvalue weighted by Crippen LogP contribution is 2.11. The van der Waals surface area contributed by atoms with Crippen LogP contribution in [0.3, 0.4) is 0 Å². The van der Waals surface area contributed by atoms with Gasteiger partial charge in [0.25, 0.3) is 0 Å². The van der Waals surface area contributed by atoms with E-state index in [1.165, 1.54) is 16.9 Å². The first kappa shape index (κ1) is 18.3. The maximum absolute atomic E-state index is 12.3. The number of carbonyl (C=O) groups is 3. The third-order valence-electron chi connectivity index (χ3n) is 3.91. The maximum atomic E-state index is 12.3. The number of nitrogens with one attached hydrogen (secondary N) is 1. The number of hydrogen-bond acceptors (Lipinski definition) is 5. The Kier molecular flexibility index (Phi) is 6.34. The molecule has 1 saturated heterocycles. The van der Waals surface area contributed by atoms with Crippen LogP contribution in [-0.2, 0) is 20.7 Å². The first-order valence-electron chi connectivity index (χ1n) is 7.94. The number of nitriles is 1. The van der Waals surface area contributed by atoms with Gasteiger partial charge in [-0.2, -0.15) is 5.26 Å². The summed E-state index contributed by atoms with van der Waals surface area (Å²) in [5.41, 5.74) is 1.33. The fourth-order valence-electron chi connectivity index (χ4n) is 2.56. The summed E-state index contributed by atoms with van der Waals surface area (Å²) < 4.78 is 4.68. The highest BCUT2D eigenvalue weighted by Gasteiger charge is 2.26. The smallest absolute Gasteiger partial charge is 0.409 e. The van der Waals surface area contributed by atoms with Crippen LogP contribution in [0.1, 0.15) is 12.0 Å². The number of methoxy groups -OCH3 is 1. The van der Waals surface area contributed by atoms with Crippen LogP contribution in [0, 0.1) is 11.3 Å². The van der Waals surface area contributed by atoms with Gasteiger partial charge in [0.05, 0.1) is 19.6 Å². The number of rotatable bonds is 2. The minimum atomic E-state index is -0.723. The summed E-state index contributed by atoms with van der Waals surface area (Å²) in [4.78, 5) is 38.9. The van der Waals surface area contributed by atoms with Crippen molar-refractivity contribution in [2.45, 2.75) is 12.8 Å². The first-order chi connectivity index (χ1) is 12.0. The van der Waals surface area contributed by atoms with Crippen molar-refractivity contribution in [3.63, 3.8) is 0 Å². The second-order valence-corrected chi connectivity index (χ2v) is 5.59. The number of carbonyl (C=O) groups excluding carboxylic acids is 3. The highest BCUT2D eigenvalue weighted by molar-refractivity contribution is 6.39. The van der Waals surface area contributed by atoms with Gasteiger partial charge in [0, 0.05) is 31.9 Å². The Labute approximate surface area is 146 Å². The second-order valence-electron chi connectivity index (χ2n) is 5.59. The van der Waals surface area contributed by atoms with Gasteiger partial charge in [0.1, 0.15) is 0 Å². The van der Waals surface area contributed by atoms with Gasteiger partial charge >= 0.3 is 17.9 Å². The van der Waals surface area contributed by atoms with Gasteiger partial charge in [0.2, 0.25) is 0 Å². The van der Waals surface area contributed by atoms with Crippen LogP contribution >= 0.6 is 0 Å². The monoisotopic (exact) mass is 344 g/mol. The Hall–Kier alpha value is -3.08. The van der Waals surface area contributed by atoms with Crippen LogP contribution < -0.4 is 5.32 Å². The predicted molar refractivity (Wildman–Crippen MR) is 89.6 cm³/mol. The summed E-state index contributed by atoms with van der Waals surface area (Å²) in [7, 11) is 1.31. The average molecular weight is 344 g/mol. The Morgan fingerprint density at radius 2 is 1.76 bits per heavy atom. The Morgan fingerprint density at radius 3 is 2.40 bits per heavy atom. The van der Waals surface area contributed by atoms with Crippen molar-refractivity contribution in [1.82, 2.24) is 9.80 Å². The second kappa shape index (κ2) is 8.68. The number of benzene rings is 1. The number of anilines is 1. The van der Waals surface area contributed by atoms with Gasteiger partial charge in [0.15, 0.2) is 0 Å². The van der Waals surface area contributed by atoms with Crippen LogP contribution in [0.15, 0.2) is 24.3 Å². The van der Waals surface area contributed by atoms with E-state index >= 15 is 0 Å². The van der Waals surface area contributed by atoms with E-state index in [0.29, 0.717) is 31.7 Å². The van der Waals surface area contributed by atoms with Crippen molar-refractivity contribution in [1.29, 1.82) is 5.26 Å². The van der Waals surface area contributed by atoms with Crippen molar-refractivity contribution < 1.29 is 19.1 Å². The first-order valence-corrected chi connectivity index (χ1v) is 7.94. The van der Waals surface area contributed by atoms with Crippen molar-refractivity contribution in [3.05, 3.63) is 29.8 Å². The summed E-state index contributed by atoms with van der Waals surface area (Å²) in [6, 6.07) is 8.80. The van der Waals surface area contributed by atoms with Gasteiger partial charge in [-0.1, -0.05) is 12.1 Å². The van der Waals surface area contributed by atoms with Crippen molar-refractivity contribution >= 4 is 23.6 Å². The quantitative estimate of drug-likeness (QED) is 0.806. The number of nitrogens with zero attached hydrogens (tertiary/aromatic N) is 3. The van der Waals surface area contributed by atoms with Crippen LogP contribution in [0.25, 0.3) is 0 Å². The lowest BCUT2D eigenvalue weighted by molar-refractivity contribution is -0.143. The van der Waals surface area contributed by atoms with Gasteiger partial charge in [-0.15, -0.1) is 0 Å². The Bertz CT molecular complexity index is 681. The molecule has 1 fully saturated rings. The zero-order valence-corrected chi connectivity index (χ0v) is 14.0. The van der Waals surface area contributed by atoms with E-state index in [1.54, 1.807) is 24.3 Å². The zero-order chi connectivity index (χ0) is 18.2. The molecule has 1 aliphatic rings. The van der Waals surface area contributed by atoms with E-state index < -0.39 is 17.9 Å². The third-order valence-corrected chi connectivity index (χ3v) is 3.91. The summed E-state index contributed by atoms with van der Waals surface area (Å²) in [5, 5.41) is 11.2. The molecule has 2 rings (SSSR count). The topological polar surface area (TPSA) is 103 Å². The molecular formula is C17H20N4O4. The maximum Gasteiger partial charge on any atom is 0.409 e.